The molecular formula is C29H30ClFN4. The van der Waals surface area contributed by atoms with E-state index < -0.39 is 0 Å². The number of nitrogens with zero attached hydrogens (tertiary/aromatic N) is 4. The van der Waals surface area contributed by atoms with Crippen molar-refractivity contribution in [3.63, 3.8) is 0 Å². The van der Waals surface area contributed by atoms with Crippen molar-refractivity contribution in [3.05, 3.63) is 77.3 Å². The molecule has 0 aliphatic carbocycles. The van der Waals surface area contributed by atoms with E-state index in [-0.39, 0.29) is 5.82 Å². The van der Waals surface area contributed by atoms with Crippen LogP contribution in [0.3, 0.4) is 0 Å². The third kappa shape index (κ3) is 4.72. The monoisotopic (exact) mass is 488 g/mol. The highest BCUT2D eigenvalue weighted by atomic mass is 35.5. The first kappa shape index (κ1) is 22.7. The molecule has 0 N–H and O–H groups in total. The fourth-order valence-corrected chi connectivity index (χ4v) is 6.29. The van der Waals surface area contributed by atoms with Crippen molar-refractivity contribution in [2.75, 3.05) is 31.1 Å². The Labute approximate surface area is 210 Å². The van der Waals surface area contributed by atoms with Crippen LogP contribution in [0.25, 0.3) is 21.8 Å². The van der Waals surface area contributed by atoms with E-state index in [1.54, 1.807) is 18.3 Å². The fraction of sp³-hybridized carbons (Fsp3) is 0.379. The van der Waals surface area contributed by atoms with Gasteiger partial charge in [0.25, 0.3) is 0 Å². The molecule has 0 saturated carbocycles. The van der Waals surface area contributed by atoms with Gasteiger partial charge in [0.15, 0.2) is 0 Å². The van der Waals surface area contributed by atoms with E-state index in [2.05, 4.69) is 31.9 Å². The van der Waals surface area contributed by atoms with Gasteiger partial charge in [-0.3, -0.25) is 9.97 Å². The number of fused-ring (bicyclic) bond motifs is 2. The van der Waals surface area contributed by atoms with Gasteiger partial charge < -0.3 is 9.80 Å². The smallest absolute Gasteiger partial charge is 0.124 e. The minimum atomic E-state index is -0.160. The standard InChI is InChI=1S/C29H30ClFN4/c30-24-16-21-3-1-10-33-29(21)27(19-24)35-13-7-26(8-14-35)34-11-5-20(6-12-34)15-23-18-25(31)17-22-4-2-9-32-28(22)23/h1-4,9-10,16-20,26H,5-8,11-15H2. The van der Waals surface area contributed by atoms with Crippen LogP contribution in [0.5, 0.6) is 0 Å². The maximum absolute atomic E-state index is 14.2. The van der Waals surface area contributed by atoms with Gasteiger partial charge in [-0.15, -0.1) is 0 Å². The van der Waals surface area contributed by atoms with Crippen LogP contribution >= 0.6 is 11.6 Å². The van der Waals surface area contributed by atoms with Crippen molar-refractivity contribution >= 4 is 39.1 Å². The highest BCUT2D eigenvalue weighted by Gasteiger charge is 2.29. The summed E-state index contributed by atoms with van der Waals surface area (Å²) in [5.41, 5.74) is 4.19. The molecule has 6 rings (SSSR count). The summed E-state index contributed by atoms with van der Waals surface area (Å²) in [5, 5.41) is 2.76. The minimum absolute atomic E-state index is 0.160. The molecule has 2 aromatic heterocycles. The van der Waals surface area contributed by atoms with E-state index in [9.17, 15) is 4.39 Å². The van der Waals surface area contributed by atoms with Gasteiger partial charge in [0.1, 0.15) is 5.82 Å². The molecule has 0 atom stereocenters. The summed E-state index contributed by atoms with van der Waals surface area (Å²) in [7, 11) is 0. The number of anilines is 1. The minimum Gasteiger partial charge on any atom is -0.370 e. The highest BCUT2D eigenvalue weighted by molar-refractivity contribution is 6.31. The van der Waals surface area contributed by atoms with E-state index in [4.69, 9.17) is 11.6 Å². The van der Waals surface area contributed by atoms with Crippen LogP contribution in [-0.4, -0.2) is 47.1 Å². The van der Waals surface area contributed by atoms with E-state index in [1.165, 1.54) is 0 Å². The first-order chi connectivity index (χ1) is 17.1. The first-order valence-corrected chi connectivity index (χ1v) is 13.1. The van der Waals surface area contributed by atoms with Gasteiger partial charge in [-0.2, -0.15) is 0 Å². The lowest BCUT2D eigenvalue weighted by Crippen LogP contribution is -2.48. The van der Waals surface area contributed by atoms with Gasteiger partial charge >= 0.3 is 0 Å². The predicted molar refractivity (Wildman–Crippen MR) is 142 cm³/mol. The Balaban J connectivity index is 1.07. The van der Waals surface area contributed by atoms with Gasteiger partial charge in [0, 0.05) is 47.3 Å². The quantitative estimate of drug-likeness (QED) is 0.328. The number of hydrogen-bond donors (Lipinski definition) is 0. The molecular weight excluding hydrogens is 459 g/mol. The largest absolute Gasteiger partial charge is 0.370 e. The van der Waals surface area contributed by atoms with Crippen molar-refractivity contribution in [1.29, 1.82) is 0 Å². The summed E-state index contributed by atoms with van der Waals surface area (Å²) in [4.78, 5) is 14.3. The van der Waals surface area contributed by atoms with Gasteiger partial charge in [0.05, 0.1) is 16.7 Å². The number of pyridine rings is 2. The number of halogens is 2. The van der Waals surface area contributed by atoms with E-state index in [0.717, 1.165) is 96.4 Å². The molecule has 35 heavy (non-hydrogen) atoms. The Bertz CT molecular complexity index is 1340. The molecule has 4 heterocycles. The Morgan fingerprint density at radius 2 is 1.51 bits per heavy atom. The summed E-state index contributed by atoms with van der Waals surface area (Å²) in [6, 6.07) is 15.8. The molecule has 6 heteroatoms. The SMILES string of the molecule is Fc1cc(CC2CCN(C3CCN(c4cc(Cl)cc5cccnc45)CC3)CC2)c2ncccc2c1. The van der Waals surface area contributed by atoms with Crippen LogP contribution in [-0.2, 0) is 6.42 Å². The number of hydrogen-bond acceptors (Lipinski definition) is 4. The van der Waals surface area contributed by atoms with Gasteiger partial charge in [-0.05, 0) is 93.1 Å². The van der Waals surface area contributed by atoms with Crippen LogP contribution in [0.4, 0.5) is 10.1 Å². The lowest BCUT2D eigenvalue weighted by molar-refractivity contribution is 0.115. The number of aromatic nitrogens is 2. The highest BCUT2D eigenvalue weighted by Crippen LogP contribution is 2.33. The van der Waals surface area contributed by atoms with Crippen molar-refractivity contribution < 1.29 is 4.39 Å². The summed E-state index contributed by atoms with van der Waals surface area (Å²) >= 11 is 6.42. The average Bonchev–Trinajstić information content (AvgIpc) is 2.89. The van der Waals surface area contributed by atoms with Crippen LogP contribution in [0.1, 0.15) is 31.2 Å². The third-order valence-electron chi connectivity index (χ3n) is 7.88. The Morgan fingerprint density at radius 1 is 0.829 bits per heavy atom. The van der Waals surface area contributed by atoms with Crippen molar-refractivity contribution in [3.8, 4) is 0 Å². The first-order valence-electron chi connectivity index (χ1n) is 12.7. The van der Waals surface area contributed by atoms with Crippen LogP contribution < -0.4 is 4.90 Å². The predicted octanol–water partition coefficient (Wildman–Crippen LogP) is 6.50. The third-order valence-corrected chi connectivity index (χ3v) is 8.10. The second kappa shape index (κ2) is 9.71. The Hall–Kier alpha value is -2.76. The molecule has 4 aromatic rings. The van der Waals surface area contributed by atoms with Crippen molar-refractivity contribution in [2.45, 2.75) is 38.1 Å². The van der Waals surface area contributed by atoms with Gasteiger partial charge in [-0.25, -0.2) is 4.39 Å². The van der Waals surface area contributed by atoms with E-state index in [0.29, 0.717) is 12.0 Å². The molecule has 2 aliphatic rings. The number of rotatable bonds is 4. The molecule has 2 aromatic carbocycles. The lowest BCUT2D eigenvalue weighted by atomic mass is 9.88. The van der Waals surface area contributed by atoms with Crippen LogP contribution in [0.15, 0.2) is 60.9 Å². The van der Waals surface area contributed by atoms with Crippen molar-refractivity contribution in [2.24, 2.45) is 5.92 Å². The molecule has 0 bridgehead atoms. The second-order valence-corrected chi connectivity index (χ2v) is 10.5. The Morgan fingerprint density at radius 3 is 2.26 bits per heavy atom. The summed E-state index contributed by atoms with van der Waals surface area (Å²) in [5.74, 6) is 0.426. The summed E-state index contributed by atoms with van der Waals surface area (Å²) < 4.78 is 14.2. The van der Waals surface area contributed by atoms with E-state index in [1.807, 2.05) is 30.5 Å². The van der Waals surface area contributed by atoms with Gasteiger partial charge in [-0.1, -0.05) is 23.7 Å². The Kier molecular flexibility index (Phi) is 6.29. The molecule has 0 amide bonds. The molecule has 180 valence electrons. The summed E-state index contributed by atoms with van der Waals surface area (Å²) in [6.45, 7) is 4.30. The van der Waals surface area contributed by atoms with Crippen LogP contribution in [0, 0.1) is 11.7 Å². The molecule has 4 nitrogen and oxygen atoms in total. The number of likely N-dealkylation sites (tertiary alicyclic amines) is 1. The maximum atomic E-state index is 14.2. The topological polar surface area (TPSA) is 32.3 Å². The second-order valence-electron chi connectivity index (χ2n) is 10.0. The lowest BCUT2D eigenvalue weighted by Gasteiger charge is -2.42. The zero-order valence-corrected chi connectivity index (χ0v) is 20.6. The average molecular weight is 489 g/mol. The number of benzene rings is 2. The maximum Gasteiger partial charge on any atom is 0.124 e. The summed E-state index contributed by atoms with van der Waals surface area (Å²) in [6.07, 6.45) is 9.21. The molecule has 2 fully saturated rings. The molecule has 0 spiro atoms. The normalized spacial score (nSPS) is 18.5. The van der Waals surface area contributed by atoms with Crippen molar-refractivity contribution in [1.82, 2.24) is 14.9 Å². The number of piperidine rings is 2. The van der Waals surface area contributed by atoms with E-state index >= 15 is 0 Å². The molecule has 2 aliphatic heterocycles. The molecule has 0 unspecified atom stereocenters. The zero-order chi connectivity index (χ0) is 23.8. The molecule has 2 saturated heterocycles. The fourth-order valence-electron chi connectivity index (χ4n) is 6.07. The zero-order valence-electron chi connectivity index (χ0n) is 19.8. The van der Waals surface area contributed by atoms with Gasteiger partial charge in [0.2, 0.25) is 0 Å². The van der Waals surface area contributed by atoms with Crippen LogP contribution in [0.2, 0.25) is 5.02 Å². The molecule has 0 radical (unpaired) electrons.